The molecule has 0 saturated carbocycles. The highest BCUT2D eigenvalue weighted by atomic mass is 32.2. The summed E-state index contributed by atoms with van der Waals surface area (Å²) in [5.74, 6) is -3.18. The highest BCUT2D eigenvalue weighted by molar-refractivity contribution is 8.00. The van der Waals surface area contributed by atoms with Crippen molar-refractivity contribution in [2.45, 2.75) is 23.1 Å². The van der Waals surface area contributed by atoms with Crippen LogP contribution in [0.4, 0.5) is 15.8 Å². The zero-order chi connectivity index (χ0) is 31.0. The molecule has 13 heteroatoms. The van der Waals surface area contributed by atoms with Gasteiger partial charge in [0, 0.05) is 16.5 Å². The maximum atomic E-state index is 13.7. The van der Waals surface area contributed by atoms with Gasteiger partial charge < -0.3 is 19.8 Å². The SMILES string of the molecule is CCOC(=O)c1ccc(NC(=O)COc2ccc([C@H]3c4sc(=O)[nH]c4SC4C(=O)N(c5ccc(F)cc5)C(=O)C43)cc2)cc1. The number of nitrogens with one attached hydrogen (secondary N) is 2. The van der Waals surface area contributed by atoms with Crippen molar-refractivity contribution >= 4 is 58.2 Å². The van der Waals surface area contributed by atoms with Gasteiger partial charge in [-0.2, -0.15) is 0 Å². The van der Waals surface area contributed by atoms with Crippen molar-refractivity contribution in [3.63, 3.8) is 0 Å². The number of imide groups is 1. The van der Waals surface area contributed by atoms with Gasteiger partial charge in [-0.3, -0.25) is 19.2 Å². The Balaban J connectivity index is 1.17. The van der Waals surface area contributed by atoms with Crippen molar-refractivity contribution in [2.24, 2.45) is 5.92 Å². The van der Waals surface area contributed by atoms with Crippen molar-refractivity contribution in [3.05, 3.63) is 104 Å². The summed E-state index contributed by atoms with van der Waals surface area (Å²) in [5, 5.41) is 2.46. The van der Waals surface area contributed by atoms with Crippen LogP contribution in [0.2, 0.25) is 0 Å². The molecule has 44 heavy (non-hydrogen) atoms. The predicted octanol–water partition coefficient (Wildman–Crippen LogP) is 4.57. The average Bonchev–Trinajstić information content (AvgIpc) is 3.51. The van der Waals surface area contributed by atoms with E-state index < -0.39 is 46.6 Å². The van der Waals surface area contributed by atoms with Gasteiger partial charge in [-0.15, -0.1) is 0 Å². The lowest BCUT2D eigenvalue weighted by atomic mass is 9.83. The van der Waals surface area contributed by atoms with Gasteiger partial charge in [0.25, 0.3) is 5.91 Å². The number of thiazole rings is 1. The molecular formula is C31H24FN3O7S2. The monoisotopic (exact) mass is 633 g/mol. The second-order valence-electron chi connectivity index (χ2n) is 9.94. The number of carbonyl (C=O) groups is 4. The number of nitrogens with zero attached hydrogens (tertiary/aromatic N) is 1. The van der Waals surface area contributed by atoms with Crippen LogP contribution in [0.15, 0.2) is 82.6 Å². The third-order valence-corrected chi connectivity index (χ3v) is 9.60. The smallest absolute Gasteiger partial charge is 0.338 e. The fraction of sp³-hybridized carbons (Fsp3) is 0.194. The summed E-state index contributed by atoms with van der Waals surface area (Å²) in [6.45, 7) is 1.70. The number of aromatic amines is 1. The highest BCUT2D eigenvalue weighted by Gasteiger charge is 2.56. The van der Waals surface area contributed by atoms with E-state index in [-0.39, 0.29) is 23.8 Å². The van der Waals surface area contributed by atoms with E-state index in [4.69, 9.17) is 9.47 Å². The number of benzene rings is 3. The molecule has 0 radical (unpaired) electrons. The van der Waals surface area contributed by atoms with E-state index in [0.29, 0.717) is 32.5 Å². The lowest BCUT2D eigenvalue weighted by Gasteiger charge is -2.29. The van der Waals surface area contributed by atoms with Gasteiger partial charge in [-0.25, -0.2) is 14.1 Å². The van der Waals surface area contributed by atoms with Crippen LogP contribution in [0.1, 0.15) is 33.6 Å². The average molecular weight is 634 g/mol. The first kappa shape index (κ1) is 29.3. The largest absolute Gasteiger partial charge is 0.484 e. The quantitative estimate of drug-likeness (QED) is 0.213. The van der Waals surface area contributed by atoms with E-state index in [1.54, 1.807) is 55.5 Å². The molecule has 3 aromatic carbocycles. The molecule has 3 amide bonds. The lowest BCUT2D eigenvalue weighted by molar-refractivity contribution is -0.122. The van der Waals surface area contributed by atoms with Crippen molar-refractivity contribution in [1.29, 1.82) is 0 Å². The summed E-state index contributed by atoms with van der Waals surface area (Å²) in [7, 11) is 0. The number of halogens is 1. The van der Waals surface area contributed by atoms with Crippen LogP contribution in [0.3, 0.4) is 0 Å². The summed E-state index contributed by atoms with van der Waals surface area (Å²) >= 11 is 2.15. The van der Waals surface area contributed by atoms with Crippen molar-refractivity contribution in [1.82, 2.24) is 4.98 Å². The van der Waals surface area contributed by atoms with Gasteiger partial charge in [0.1, 0.15) is 16.8 Å². The Morgan fingerprint density at radius 3 is 2.34 bits per heavy atom. The molecule has 3 atom stereocenters. The number of aromatic nitrogens is 1. The van der Waals surface area contributed by atoms with Gasteiger partial charge in [0.15, 0.2) is 6.61 Å². The fourth-order valence-corrected chi connectivity index (χ4v) is 7.76. The maximum absolute atomic E-state index is 13.7. The van der Waals surface area contributed by atoms with Gasteiger partial charge in [-0.05, 0) is 73.2 Å². The molecule has 10 nitrogen and oxygen atoms in total. The van der Waals surface area contributed by atoms with Crippen LogP contribution < -0.4 is 19.8 Å². The second-order valence-corrected chi connectivity index (χ2v) is 12.1. The van der Waals surface area contributed by atoms with Gasteiger partial charge in [-0.1, -0.05) is 35.2 Å². The normalized spacial score (nSPS) is 18.9. The molecule has 2 aliphatic rings. The number of carbonyl (C=O) groups excluding carboxylic acids is 4. The van der Waals surface area contributed by atoms with E-state index in [9.17, 15) is 28.4 Å². The number of amides is 3. The molecule has 224 valence electrons. The number of rotatable bonds is 8. The number of hydrogen-bond acceptors (Lipinski definition) is 9. The summed E-state index contributed by atoms with van der Waals surface area (Å²) in [5.41, 5.74) is 1.83. The zero-order valence-electron chi connectivity index (χ0n) is 23.1. The van der Waals surface area contributed by atoms with Gasteiger partial charge >= 0.3 is 10.8 Å². The zero-order valence-corrected chi connectivity index (χ0v) is 24.7. The second kappa shape index (κ2) is 12.1. The van der Waals surface area contributed by atoms with Crippen molar-refractivity contribution in [3.8, 4) is 5.75 Å². The van der Waals surface area contributed by atoms with Gasteiger partial charge in [0.2, 0.25) is 11.8 Å². The maximum Gasteiger partial charge on any atom is 0.338 e. The molecule has 4 aromatic rings. The number of thioether (sulfide) groups is 1. The number of hydrogen-bond donors (Lipinski definition) is 2. The highest BCUT2D eigenvalue weighted by Crippen LogP contribution is 2.53. The Hall–Kier alpha value is -4.75. The Kier molecular flexibility index (Phi) is 8.06. The van der Waals surface area contributed by atoms with Crippen LogP contribution >= 0.6 is 23.1 Å². The number of anilines is 2. The predicted molar refractivity (Wildman–Crippen MR) is 162 cm³/mol. The Bertz CT molecular complexity index is 1800. The number of esters is 1. The third-order valence-electron chi connectivity index (χ3n) is 7.20. The Morgan fingerprint density at radius 1 is 0.955 bits per heavy atom. The molecule has 0 spiro atoms. The third kappa shape index (κ3) is 5.63. The number of H-pyrrole nitrogens is 1. The molecule has 1 saturated heterocycles. The molecule has 6 rings (SSSR count). The Labute approximate surface area is 258 Å². The summed E-state index contributed by atoms with van der Waals surface area (Å²) in [4.78, 5) is 68.0. The van der Waals surface area contributed by atoms with Crippen LogP contribution in [0.25, 0.3) is 0 Å². The van der Waals surface area contributed by atoms with Crippen molar-refractivity contribution < 1.29 is 33.0 Å². The van der Waals surface area contributed by atoms with Crippen LogP contribution in [-0.2, 0) is 19.1 Å². The molecule has 1 aromatic heterocycles. The standard InChI is InChI=1S/C31H24FN3O7S2/c1-2-41-30(39)17-3-9-19(10-4-17)33-22(36)15-42-21-13-5-16(6-14-21)23-24-26(43-27-25(23)44-31(40)34-27)29(38)35(28(24)37)20-11-7-18(32)8-12-20/h3-14,23-24,26H,2,15H2,1H3,(H,33,36)(H,34,40)/t23-,24?,26?/m1/s1. The topological polar surface area (TPSA) is 135 Å². The first-order valence-electron chi connectivity index (χ1n) is 13.6. The molecule has 2 aliphatic heterocycles. The summed E-state index contributed by atoms with van der Waals surface area (Å²) in [6, 6.07) is 18.2. The van der Waals surface area contributed by atoms with Crippen LogP contribution in [0.5, 0.6) is 5.75 Å². The number of fused-ring (bicyclic) bond motifs is 2. The van der Waals surface area contributed by atoms with E-state index in [1.165, 1.54) is 24.3 Å². The number of ether oxygens (including phenoxy) is 2. The minimum absolute atomic E-state index is 0.263. The molecule has 0 aliphatic carbocycles. The molecule has 2 N–H and O–H groups in total. The first-order chi connectivity index (χ1) is 21.2. The lowest BCUT2D eigenvalue weighted by Crippen LogP contribution is -2.32. The minimum Gasteiger partial charge on any atom is -0.484 e. The van der Waals surface area contributed by atoms with E-state index in [0.717, 1.165) is 28.0 Å². The summed E-state index contributed by atoms with van der Waals surface area (Å²) < 4.78 is 24.1. The Morgan fingerprint density at radius 2 is 1.66 bits per heavy atom. The molecule has 2 unspecified atom stereocenters. The van der Waals surface area contributed by atoms with E-state index in [2.05, 4.69) is 10.3 Å². The van der Waals surface area contributed by atoms with Crippen molar-refractivity contribution in [2.75, 3.05) is 23.4 Å². The van der Waals surface area contributed by atoms with Gasteiger partial charge in [0.05, 0.1) is 28.8 Å². The van der Waals surface area contributed by atoms with E-state index in [1.807, 2.05) is 0 Å². The van der Waals surface area contributed by atoms with E-state index >= 15 is 0 Å². The fourth-order valence-electron chi connectivity index (χ4n) is 5.24. The first-order valence-corrected chi connectivity index (χ1v) is 15.3. The molecule has 1 fully saturated rings. The van der Waals surface area contributed by atoms with Crippen LogP contribution in [0, 0.1) is 11.7 Å². The minimum atomic E-state index is -0.788. The van der Waals surface area contributed by atoms with Crippen LogP contribution in [-0.4, -0.2) is 47.1 Å². The molecule has 3 heterocycles. The summed E-state index contributed by atoms with van der Waals surface area (Å²) in [6.07, 6.45) is 0. The molecule has 0 bridgehead atoms. The molecular weight excluding hydrogens is 609 g/mol.